The molecule has 0 N–H and O–H groups in total. The summed E-state index contributed by atoms with van der Waals surface area (Å²) in [6, 6.07) is 24.0. The number of amides is 1. The first-order valence-electron chi connectivity index (χ1n) is 12.6. The summed E-state index contributed by atoms with van der Waals surface area (Å²) in [4.78, 5) is 16.7. The lowest BCUT2D eigenvalue weighted by Crippen LogP contribution is -2.32. The molecule has 0 bridgehead atoms. The molecule has 0 aliphatic carbocycles. The smallest absolute Gasteiger partial charge is 0.410 e. The van der Waals surface area contributed by atoms with Crippen LogP contribution in [0, 0.1) is 5.82 Å². The van der Waals surface area contributed by atoms with E-state index in [-0.39, 0.29) is 12.4 Å². The summed E-state index contributed by atoms with van der Waals surface area (Å²) >= 11 is 0. The van der Waals surface area contributed by atoms with E-state index in [1.165, 1.54) is 12.1 Å². The second kappa shape index (κ2) is 11.5. The molecule has 0 saturated heterocycles. The predicted octanol–water partition coefficient (Wildman–Crippen LogP) is 5.35. The van der Waals surface area contributed by atoms with Gasteiger partial charge in [-0.1, -0.05) is 54.6 Å². The number of para-hydroxylation sites is 2. The minimum atomic E-state index is -0.409. The Kier molecular flexibility index (Phi) is 7.70. The molecule has 196 valence electrons. The predicted molar refractivity (Wildman–Crippen MR) is 142 cm³/mol. The van der Waals surface area contributed by atoms with Gasteiger partial charge in [-0.3, -0.25) is 4.90 Å². The molecule has 38 heavy (non-hydrogen) atoms. The number of hydrogen-bond acceptors (Lipinski definition) is 5. The first-order chi connectivity index (χ1) is 18.5. The maximum Gasteiger partial charge on any atom is 0.410 e. The average Bonchev–Trinajstić information content (AvgIpc) is 3.30. The van der Waals surface area contributed by atoms with Gasteiger partial charge in [0.1, 0.15) is 23.9 Å². The van der Waals surface area contributed by atoms with Gasteiger partial charge < -0.3 is 14.4 Å². The number of aromatic nitrogens is 2. The number of nitrogens with zero attached hydrogens (tertiary/aromatic N) is 4. The Bertz CT molecular complexity index is 1390. The quantitative estimate of drug-likeness (QED) is 0.317. The summed E-state index contributed by atoms with van der Waals surface area (Å²) in [7, 11) is 3.37. The number of benzene rings is 3. The van der Waals surface area contributed by atoms with Gasteiger partial charge in [0.25, 0.3) is 0 Å². The fourth-order valence-corrected chi connectivity index (χ4v) is 4.77. The fraction of sp³-hybridized carbons (Fsp3) is 0.267. The van der Waals surface area contributed by atoms with Crippen LogP contribution in [0.15, 0.2) is 78.9 Å². The van der Waals surface area contributed by atoms with Gasteiger partial charge in [-0.25, -0.2) is 13.9 Å². The van der Waals surface area contributed by atoms with Gasteiger partial charge >= 0.3 is 6.09 Å². The maximum atomic E-state index is 13.4. The lowest BCUT2D eigenvalue weighted by molar-refractivity contribution is 0.102. The van der Waals surface area contributed by atoms with E-state index in [2.05, 4.69) is 4.90 Å². The van der Waals surface area contributed by atoms with E-state index in [9.17, 15) is 9.18 Å². The fourth-order valence-electron chi connectivity index (χ4n) is 4.77. The standard InChI is InChI=1S/C30H31FN4O3/c1-33(30(36)38-21-23-8-4-3-5-9-23)20-26-25-19-34(18-22-12-14-24(31)15-13-22)17-16-27(25)35(32-26)28-10-6-7-11-29(28)37-2/h3-15H,16-21H2,1-2H3. The van der Waals surface area contributed by atoms with Crippen LogP contribution >= 0.6 is 0 Å². The molecule has 2 heterocycles. The molecule has 0 fully saturated rings. The molecule has 1 aliphatic heterocycles. The average molecular weight is 515 g/mol. The number of rotatable bonds is 8. The van der Waals surface area contributed by atoms with E-state index < -0.39 is 6.09 Å². The van der Waals surface area contributed by atoms with E-state index in [1.807, 2.05) is 71.4 Å². The number of methoxy groups -OCH3 is 1. The van der Waals surface area contributed by atoms with Crippen molar-refractivity contribution in [3.8, 4) is 11.4 Å². The van der Waals surface area contributed by atoms with Crippen LogP contribution in [0.4, 0.5) is 9.18 Å². The van der Waals surface area contributed by atoms with Gasteiger partial charge in [0.05, 0.1) is 25.0 Å². The summed E-state index contributed by atoms with van der Waals surface area (Å²) in [5.74, 6) is 0.492. The van der Waals surface area contributed by atoms with Crippen molar-refractivity contribution in [3.05, 3.63) is 113 Å². The third kappa shape index (κ3) is 5.70. The van der Waals surface area contributed by atoms with Crippen molar-refractivity contribution >= 4 is 6.09 Å². The topological polar surface area (TPSA) is 59.8 Å². The highest BCUT2D eigenvalue weighted by atomic mass is 19.1. The van der Waals surface area contributed by atoms with Gasteiger partial charge in [-0.15, -0.1) is 0 Å². The Labute approximate surface area is 222 Å². The van der Waals surface area contributed by atoms with Crippen LogP contribution in [0.1, 0.15) is 28.1 Å². The lowest BCUT2D eigenvalue weighted by atomic mass is 10.0. The highest BCUT2D eigenvalue weighted by Gasteiger charge is 2.28. The van der Waals surface area contributed by atoms with Crippen LogP contribution in [0.3, 0.4) is 0 Å². The van der Waals surface area contributed by atoms with E-state index >= 15 is 0 Å². The second-order valence-corrected chi connectivity index (χ2v) is 9.44. The highest BCUT2D eigenvalue weighted by Crippen LogP contribution is 2.30. The van der Waals surface area contributed by atoms with E-state index in [0.717, 1.165) is 52.5 Å². The van der Waals surface area contributed by atoms with Gasteiger partial charge in [0.2, 0.25) is 0 Å². The molecule has 5 rings (SSSR count). The molecule has 4 aromatic rings. The van der Waals surface area contributed by atoms with Crippen molar-refractivity contribution < 1.29 is 18.7 Å². The van der Waals surface area contributed by atoms with Crippen LogP contribution < -0.4 is 4.74 Å². The molecule has 1 amide bonds. The zero-order valence-electron chi connectivity index (χ0n) is 21.6. The lowest BCUT2D eigenvalue weighted by Gasteiger charge is -2.28. The maximum absolute atomic E-state index is 13.4. The van der Waals surface area contributed by atoms with Crippen LogP contribution in [0.2, 0.25) is 0 Å². The monoisotopic (exact) mass is 514 g/mol. The van der Waals surface area contributed by atoms with Gasteiger partial charge in [0.15, 0.2) is 0 Å². The number of carbonyl (C=O) groups is 1. The molecule has 3 aromatic carbocycles. The largest absolute Gasteiger partial charge is 0.494 e. The molecule has 8 heteroatoms. The van der Waals surface area contributed by atoms with Gasteiger partial charge in [-0.2, -0.15) is 5.10 Å². The van der Waals surface area contributed by atoms with Crippen molar-refractivity contribution in [1.29, 1.82) is 0 Å². The first kappa shape index (κ1) is 25.5. The van der Waals surface area contributed by atoms with Crippen molar-refractivity contribution in [2.45, 2.75) is 32.7 Å². The third-order valence-electron chi connectivity index (χ3n) is 6.76. The third-order valence-corrected chi connectivity index (χ3v) is 6.76. The number of fused-ring (bicyclic) bond motifs is 1. The molecule has 0 atom stereocenters. The molecule has 0 radical (unpaired) electrons. The van der Waals surface area contributed by atoms with Crippen LogP contribution in [0.5, 0.6) is 5.75 Å². The number of ether oxygens (including phenoxy) is 2. The van der Waals surface area contributed by atoms with Crippen LogP contribution in [0.25, 0.3) is 5.69 Å². The number of carbonyl (C=O) groups excluding carboxylic acids is 1. The molecule has 1 aliphatic rings. The molecule has 0 saturated carbocycles. The molecular weight excluding hydrogens is 483 g/mol. The molecule has 1 aromatic heterocycles. The molecule has 7 nitrogen and oxygen atoms in total. The summed E-state index contributed by atoms with van der Waals surface area (Å²) in [6.07, 6.45) is 0.373. The van der Waals surface area contributed by atoms with Crippen molar-refractivity contribution in [2.75, 3.05) is 20.7 Å². The Morgan fingerprint density at radius 2 is 1.74 bits per heavy atom. The van der Waals surface area contributed by atoms with Gasteiger partial charge in [-0.05, 0) is 35.4 Å². The van der Waals surface area contributed by atoms with Crippen molar-refractivity contribution in [2.24, 2.45) is 0 Å². The number of hydrogen-bond donors (Lipinski definition) is 0. The summed E-state index contributed by atoms with van der Waals surface area (Å²) < 4.78 is 26.5. The first-order valence-corrected chi connectivity index (χ1v) is 12.6. The summed E-state index contributed by atoms with van der Waals surface area (Å²) in [5, 5.41) is 4.98. The summed E-state index contributed by atoms with van der Waals surface area (Å²) in [5.41, 5.74) is 5.85. The second-order valence-electron chi connectivity index (χ2n) is 9.44. The Morgan fingerprint density at radius 3 is 2.50 bits per heavy atom. The van der Waals surface area contributed by atoms with Crippen molar-refractivity contribution in [3.63, 3.8) is 0 Å². The van der Waals surface area contributed by atoms with Crippen LogP contribution in [-0.4, -0.2) is 46.4 Å². The van der Waals surface area contributed by atoms with E-state index in [0.29, 0.717) is 19.6 Å². The Balaban J connectivity index is 1.39. The Morgan fingerprint density at radius 1 is 1.00 bits per heavy atom. The van der Waals surface area contributed by atoms with E-state index in [1.54, 1.807) is 19.1 Å². The van der Waals surface area contributed by atoms with Crippen LogP contribution in [-0.2, 0) is 37.4 Å². The van der Waals surface area contributed by atoms with E-state index in [4.69, 9.17) is 14.6 Å². The Hall–Kier alpha value is -4.17. The highest BCUT2D eigenvalue weighted by molar-refractivity contribution is 5.67. The molecular formula is C30H31FN4O3. The minimum absolute atomic E-state index is 0.212. The zero-order chi connectivity index (χ0) is 26.5. The number of halogens is 1. The SMILES string of the molecule is COc1ccccc1-n1nc(CN(C)C(=O)OCc2ccccc2)c2c1CCN(Cc1ccc(F)cc1)C2. The van der Waals surface area contributed by atoms with Gasteiger partial charge in [0, 0.05) is 38.7 Å². The van der Waals surface area contributed by atoms with Crippen molar-refractivity contribution in [1.82, 2.24) is 19.6 Å². The normalized spacial score (nSPS) is 13.1. The summed E-state index contributed by atoms with van der Waals surface area (Å²) in [6.45, 7) is 2.73. The minimum Gasteiger partial charge on any atom is -0.494 e. The molecule has 0 unspecified atom stereocenters. The molecule has 0 spiro atoms. The zero-order valence-corrected chi connectivity index (χ0v) is 21.6.